The third kappa shape index (κ3) is 3.50. The molecule has 174 valence electrons. The van der Waals surface area contributed by atoms with Crippen molar-refractivity contribution in [2.24, 2.45) is 0 Å². The number of rotatable bonds is 4. The average molecular weight is 467 g/mol. The first-order chi connectivity index (χ1) is 17.0. The number of carbonyl (C=O) groups is 3. The van der Waals surface area contributed by atoms with Gasteiger partial charge in [-0.05, 0) is 42.5 Å². The van der Waals surface area contributed by atoms with Crippen LogP contribution in [0.1, 0.15) is 12.0 Å². The monoisotopic (exact) mass is 467 g/mol. The van der Waals surface area contributed by atoms with Crippen LogP contribution >= 0.6 is 0 Å². The highest BCUT2D eigenvalue weighted by Crippen LogP contribution is 2.41. The molecule has 2 aliphatic heterocycles. The Kier molecular flexibility index (Phi) is 4.81. The highest BCUT2D eigenvalue weighted by Gasteiger charge is 2.55. The van der Waals surface area contributed by atoms with Crippen LogP contribution in [0.4, 0.5) is 10.5 Å². The summed E-state index contributed by atoms with van der Waals surface area (Å²) in [7, 11) is 0. The van der Waals surface area contributed by atoms with Gasteiger partial charge in [-0.1, -0.05) is 36.4 Å². The summed E-state index contributed by atoms with van der Waals surface area (Å²) in [5.74, 6) is 0.365. The van der Waals surface area contributed by atoms with Crippen LogP contribution < -0.4 is 15.4 Å². The van der Waals surface area contributed by atoms with Crippen LogP contribution in [-0.4, -0.2) is 35.9 Å². The van der Waals surface area contributed by atoms with Crippen molar-refractivity contribution in [3.05, 3.63) is 84.4 Å². The zero-order valence-electron chi connectivity index (χ0n) is 18.6. The second-order valence-electron chi connectivity index (χ2n) is 8.60. The summed E-state index contributed by atoms with van der Waals surface area (Å²) in [6.45, 7) is -0.0958. The molecule has 0 saturated carbocycles. The quantitative estimate of drug-likeness (QED) is 0.437. The first-order valence-electron chi connectivity index (χ1n) is 11.3. The molecule has 35 heavy (non-hydrogen) atoms. The Morgan fingerprint density at radius 2 is 1.77 bits per heavy atom. The lowest BCUT2D eigenvalue weighted by Crippen LogP contribution is -2.48. The van der Waals surface area contributed by atoms with Crippen molar-refractivity contribution < 1.29 is 23.5 Å². The third-order valence-electron chi connectivity index (χ3n) is 6.44. The first-order valence-corrected chi connectivity index (χ1v) is 11.3. The predicted octanol–water partition coefficient (Wildman–Crippen LogP) is 4.27. The standard InChI is InChI=1S/C27H21N3O5/c31-24(28-19-11-9-17(10-12-19)23-15-18-5-1-3-7-21(18)35-23)16-30-25(32)27(29-26(30)33)13-14-34-22-8-4-2-6-20(22)27/h1-12,15H,13-14,16H2,(H,28,31)(H,29,33)/t27-/m0/s1. The third-order valence-corrected chi connectivity index (χ3v) is 6.44. The summed E-state index contributed by atoms with van der Waals surface area (Å²) in [4.78, 5) is 39.7. The molecular weight excluding hydrogens is 446 g/mol. The maximum absolute atomic E-state index is 13.3. The van der Waals surface area contributed by atoms with Gasteiger partial charge in [0.05, 0.1) is 6.61 Å². The Morgan fingerprint density at radius 3 is 2.60 bits per heavy atom. The molecule has 1 atom stereocenters. The van der Waals surface area contributed by atoms with Crippen LogP contribution in [-0.2, 0) is 15.1 Å². The number of fused-ring (bicyclic) bond motifs is 3. The normalized spacial score (nSPS) is 18.9. The number of hydrogen-bond acceptors (Lipinski definition) is 5. The fourth-order valence-electron chi connectivity index (χ4n) is 4.70. The molecular formula is C27H21N3O5. The number of ether oxygens (including phenoxy) is 1. The highest BCUT2D eigenvalue weighted by atomic mass is 16.5. The number of urea groups is 1. The number of benzene rings is 3. The van der Waals surface area contributed by atoms with E-state index in [1.165, 1.54) is 0 Å². The SMILES string of the molecule is O=C(CN1C(=O)N[C@]2(CCOc3ccccc32)C1=O)Nc1ccc(-c2cc3ccccc3o2)cc1. The van der Waals surface area contributed by atoms with E-state index in [-0.39, 0.29) is 6.54 Å². The van der Waals surface area contributed by atoms with Gasteiger partial charge in [-0.3, -0.25) is 14.5 Å². The number of amides is 4. The summed E-state index contributed by atoms with van der Waals surface area (Å²) in [5.41, 5.74) is 1.62. The lowest BCUT2D eigenvalue weighted by Gasteiger charge is -2.33. The van der Waals surface area contributed by atoms with Crippen LogP contribution in [0.15, 0.2) is 83.3 Å². The van der Waals surface area contributed by atoms with Crippen LogP contribution in [0.3, 0.4) is 0 Å². The van der Waals surface area contributed by atoms with Gasteiger partial charge in [0.1, 0.15) is 23.6 Å². The Bertz CT molecular complexity index is 1440. The van der Waals surface area contributed by atoms with E-state index in [0.717, 1.165) is 27.2 Å². The number of anilines is 1. The Labute approximate surface area is 200 Å². The van der Waals surface area contributed by atoms with Gasteiger partial charge < -0.3 is 19.8 Å². The zero-order valence-corrected chi connectivity index (χ0v) is 18.6. The molecule has 0 bridgehead atoms. The van der Waals surface area contributed by atoms with Crippen LogP contribution in [0.2, 0.25) is 0 Å². The molecule has 8 nitrogen and oxygen atoms in total. The summed E-state index contributed by atoms with van der Waals surface area (Å²) in [5, 5.41) is 6.57. The van der Waals surface area contributed by atoms with Crippen LogP contribution in [0.25, 0.3) is 22.3 Å². The number of para-hydroxylation sites is 2. The molecule has 3 heterocycles. The lowest BCUT2D eigenvalue weighted by atomic mass is 9.84. The van der Waals surface area contributed by atoms with Gasteiger partial charge in [0.2, 0.25) is 5.91 Å². The van der Waals surface area contributed by atoms with Crippen molar-refractivity contribution in [3.63, 3.8) is 0 Å². The van der Waals surface area contributed by atoms with Crippen molar-refractivity contribution in [2.75, 3.05) is 18.5 Å². The largest absolute Gasteiger partial charge is 0.493 e. The molecule has 6 rings (SSSR count). The topological polar surface area (TPSA) is 101 Å². The van der Waals surface area contributed by atoms with Gasteiger partial charge in [0.25, 0.3) is 5.91 Å². The van der Waals surface area contributed by atoms with Crippen molar-refractivity contribution in [1.29, 1.82) is 0 Å². The molecule has 1 aromatic heterocycles. The van der Waals surface area contributed by atoms with E-state index in [0.29, 0.717) is 30.0 Å². The molecule has 1 saturated heterocycles. The fraction of sp³-hybridized carbons (Fsp3) is 0.148. The molecule has 3 aromatic carbocycles. The number of carbonyl (C=O) groups excluding carboxylic acids is 3. The minimum absolute atomic E-state index is 0.292. The van der Waals surface area contributed by atoms with Crippen LogP contribution in [0, 0.1) is 0 Å². The molecule has 1 spiro atoms. The summed E-state index contributed by atoms with van der Waals surface area (Å²) < 4.78 is 11.5. The van der Waals surface area contributed by atoms with E-state index in [1.807, 2.05) is 48.5 Å². The van der Waals surface area contributed by atoms with Gasteiger partial charge in [-0.25, -0.2) is 4.79 Å². The number of furan rings is 1. The van der Waals surface area contributed by atoms with Crippen molar-refractivity contribution in [3.8, 4) is 17.1 Å². The number of nitrogens with one attached hydrogen (secondary N) is 2. The smallest absolute Gasteiger partial charge is 0.325 e. The van der Waals surface area contributed by atoms with E-state index in [1.54, 1.807) is 30.3 Å². The second-order valence-corrected chi connectivity index (χ2v) is 8.60. The highest BCUT2D eigenvalue weighted by molar-refractivity contribution is 6.10. The van der Waals surface area contributed by atoms with E-state index in [2.05, 4.69) is 10.6 Å². The van der Waals surface area contributed by atoms with Crippen LogP contribution in [0.5, 0.6) is 5.75 Å². The maximum atomic E-state index is 13.3. The van der Waals surface area contributed by atoms with E-state index in [9.17, 15) is 14.4 Å². The second kappa shape index (κ2) is 8.02. The zero-order chi connectivity index (χ0) is 24.0. The molecule has 4 aromatic rings. The molecule has 1 fully saturated rings. The average Bonchev–Trinajstić information content (AvgIpc) is 3.40. The van der Waals surface area contributed by atoms with E-state index < -0.39 is 23.4 Å². The summed E-state index contributed by atoms with van der Waals surface area (Å²) in [6.07, 6.45) is 0.302. The summed E-state index contributed by atoms with van der Waals surface area (Å²) >= 11 is 0. The van der Waals surface area contributed by atoms with Crippen molar-refractivity contribution in [1.82, 2.24) is 10.2 Å². The minimum Gasteiger partial charge on any atom is -0.493 e. The molecule has 0 unspecified atom stereocenters. The Hall–Kier alpha value is -4.59. The van der Waals surface area contributed by atoms with Gasteiger partial charge in [-0.2, -0.15) is 0 Å². The maximum Gasteiger partial charge on any atom is 0.325 e. The van der Waals surface area contributed by atoms with Crippen molar-refractivity contribution in [2.45, 2.75) is 12.0 Å². The Balaban J connectivity index is 1.16. The minimum atomic E-state index is -1.21. The van der Waals surface area contributed by atoms with Gasteiger partial charge in [0.15, 0.2) is 5.54 Å². The number of nitrogens with zero attached hydrogens (tertiary/aromatic N) is 1. The van der Waals surface area contributed by atoms with Gasteiger partial charge in [-0.15, -0.1) is 0 Å². The van der Waals surface area contributed by atoms with E-state index >= 15 is 0 Å². The molecule has 2 N–H and O–H groups in total. The van der Waals surface area contributed by atoms with Gasteiger partial charge in [0, 0.05) is 28.6 Å². The van der Waals surface area contributed by atoms with E-state index in [4.69, 9.17) is 9.15 Å². The molecule has 8 heteroatoms. The lowest BCUT2D eigenvalue weighted by molar-refractivity contribution is -0.135. The molecule has 2 aliphatic rings. The molecule has 0 aliphatic carbocycles. The van der Waals surface area contributed by atoms with Crippen molar-refractivity contribution >= 4 is 34.5 Å². The first kappa shape index (κ1) is 21.0. The fourth-order valence-corrected chi connectivity index (χ4v) is 4.70. The predicted molar refractivity (Wildman–Crippen MR) is 129 cm³/mol. The molecule has 0 radical (unpaired) electrons. The van der Waals surface area contributed by atoms with Gasteiger partial charge >= 0.3 is 6.03 Å². The number of imide groups is 1. The Morgan fingerprint density at radius 1 is 1.00 bits per heavy atom. The summed E-state index contributed by atoms with van der Waals surface area (Å²) in [6, 6.07) is 23.4. The number of hydrogen-bond donors (Lipinski definition) is 2. The molecule has 4 amide bonds.